The lowest BCUT2D eigenvalue weighted by Crippen LogP contribution is -2.62. The second kappa shape index (κ2) is 8.02. The lowest BCUT2D eigenvalue weighted by Gasteiger charge is -2.43. The highest BCUT2D eigenvalue weighted by molar-refractivity contribution is 6.30. The van der Waals surface area contributed by atoms with Gasteiger partial charge in [-0.15, -0.1) is 0 Å². The number of nitrogens with one attached hydrogen (secondary N) is 1. The predicted octanol–water partition coefficient (Wildman–Crippen LogP) is 1.70. The Balaban J connectivity index is 1.27. The maximum Gasteiger partial charge on any atom is 0.320 e. The van der Waals surface area contributed by atoms with Gasteiger partial charge in [0.05, 0.1) is 17.2 Å². The first-order valence-corrected chi connectivity index (χ1v) is 10.0. The number of halogens is 1. The lowest BCUT2D eigenvalue weighted by molar-refractivity contribution is -0.139. The topological polar surface area (TPSA) is 74.8 Å². The van der Waals surface area contributed by atoms with Crippen LogP contribution in [0.4, 0.5) is 4.79 Å². The molecule has 0 bridgehead atoms. The second-order valence-corrected chi connectivity index (χ2v) is 8.08. The Labute approximate surface area is 164 Å². The molecule has 8 heteroatoms. The molecule has 4 heterocycles. The normalized spacial score (nSPS) is 26.5. The number of nitrogens with zero attached hydrogens (tertiary/aromatic N) is 3. The van der Waals surface area contributed by atoms with Crippen molar-refractivity contribution in [1.29, 1.82) is 0 Å². The molecule has 2 atom stereocenters. The van der Waals surface area contributed by atoms with Crippen LogP contribution in [0.5, 0.6) is 0 Å². The van der Waals surface area contributed by atoms with E-state index in [4.69, 9.17) is 16.3 Å². The van der Waals surface area contributed by atoms with Crippen molar-refractivity contribution in [3.63, 3.8) is 0 Å². The fourth-order valence-corrected chi connectivity index (χ4v) is 4.34. The van der Waals surface area contributed by atoms with Gasteiger partial charge in [-0.2, -0.15) is 0 Å². The Morgan fingerprint density at radius 1 is 1.22 bits per heavy atom. The smallest absolute Gasteiger partial charge is 0.320 e. The zero-order valence-corrected chi connectivity index (χ0v) is 16.0. The molecule has 3 saturated heterocycles. The number of pyridine rings is 1. The second-order valence-electron chi connectivity index (χ2n) is 7.64. The Morgan fingerprint density at radius 3 is 2.74 bits per heavy atom. The van der Waals surface area contributed by atoms with E-state index in [1.54, 1.807) is 6.20 Å². The third kappa shape index (κ3) is 4.35. The molecule has 0 saturated carbocycles. The summed E-state index contributed by atoms with van der Waals surface area (Å²) in [7, 11) is 0. The number of carbonyl (C=O) groups excluding carboxylic acids is 2. The summed E-state index contributed by atoms with van der Waals surface area (Å²) in [5, 5.41) is 3.61. The van der Waals surface area contributed by atoms with Crippen LogP contribution in [0, 0.1) is 5.92 Å². The Bertz CT molecular complexity index is 691. The molecule has 0 unspecified atom stereocenters. The number of hydrogen-bond donors (Lipinski definition) is 1. The van der Waals surface area contributed by atoms with E-state index >= 15 is 0 Å². The van der Waals surface area contributed by atoms with Crippen LogP contribution in [-0.2, 0) is 16.0 Å². The Hall–Kier alpha value is -1.86. The van der Waals surface area contributed by atoms with Crippen molar-refractivity contribution in [3.8, 4) is 0 Å². The van der Waals surface area contributed by atoms with Crippen LogP contribution in [0.15, 0.2) is 18.3 Å². The predicted molar refractivity (Wildman–Crippen MR) is 101 cm³/mol. The summed E-state index contributed by atoms with van der Waals surface area (Å²) in [6.07, 6.45) is 5.38. The summed E-state index contributed by atoms with van der Waals surface area (Å²) in [5.74, 6) is 0.446. The Kier molecular flexibility index (Phi) is 5.50. The van der Waals surface area contributed by atoms with Gasteiger partial charge in [0.15, 0.2) is 0 Å². The molecule has 3 aliphatic rings. The molecule has 3 aliphatic heterocycles. The third-order valence-electron chi connectivity index (χ3n) is 5.77. The summed E-state index contributed by atoms with van der Waals surface area (Å²) in [5.41, 5.74) is 1.05. The van der Waals surface area contributed by atoms with Crippen LogP contribution in [0.2, 0.25) is 5.02 Å². The van der Waals surface area contributed by atoms with E-state index in [9.17, 15) is 9.59 Å². The highest BCUT2D eigenvalue weighted by Gasteiger charge is 2.37. The molecule has 0 aromatic carbocycles. The van der Waals surface area contributed by atoms with Crippen LogP contribution in [-0.4, -0.2) is 71.7 Å². The number of amides is 3. The van der Waals surface area contributed by atoms with E-state index in [0.717, 1.165) is 44.5 Å². The lowest BCUT2D eigenvalue weighted by atomic mass is 9.92. The van der Waals surface area contributed by atoms with E-state index in [-0.39, 0.29) is 30.7 Å². The van der Waals surface area contributed by atoms with Crippen molar-refractivity contribution in [2.75, 3.05) is 32.8 Å². The van der Waals surface area contributed by atoms with Crippen molar-refractivity contribution in [2.45, 2.75) is 37.8 Å². The zero-order valence-electron chi connectivity index (χ0n) is 15.3. The molecule has 3 fully saturated rings. The molecule has 4 rings (SSSR count). The van der Waals surface area contributed by atoms with Crippen LogP contribution in [0.25, 0.3) is 0 Å². The van der Waals surface area contributed by atoms with E-state index in [2.05, 4.69) is 10.3 Å². The number of hydrogen-bond acceptors (Lipinski definition) is 4. The number of likely N-dealkylation sites (tertiary alicyclic amines) is 2. The molecule has 1 aromatic rings. The molecular weight excluding hydrogens is 368 g/mol. The number of ether oxygens (including phenoxy) is 1. The van der Waals surface area contributed by atoms with Crippen molar-refractivity contribution in [2.24, 2.45) is 5.92 Å². The van der Waals surface area contributed by atoms with Gasteiger partial charge in [-0.3, -0.25) is 9.78 Å². The fourth-order valence-electron chi connectivity index (χ4n) is 4.22. The van der Waals surface area contributed by atoms with Crippen LogP contribution in [0.1, 0.15) is 25.0 Å². The average molecular weight is 393 g/mol. The minimum Gasteiger partial charge on any atom is -0.366 e. The molecule has 27 heavy (non-hydrogen) atoms. The van der Waals surface area contributed by atoms with E-state index in [0.29, 0.717) is 24.0 Å². The number of carbonyl (C=O) groups is 2. The Morgan fingerprint density at radius 2 is 2.00 bits per heavy atom. The summed E-state index contributed by atoms with van der Waals surface area (Å²) in [6.45, 7) is 2.88. The van der Waals surface area contributed by atoms with E-state index < -0.39 is 0 Å². The number of aromatic nitrogens is 1. The maximum atomic E-state index is 12.9. The summed E-state index contributed by atoms with van der Waals surface area (Å²) >= 11 is 5.89. The quantitative estimate of drug-likeness (QED) is 0.831. The highest BCUT2D eigenvalue weighted by Crippen LogP contribution is 2.24. The summed E-state index contributed by atoms with van der Waals surface area (Å²) < 4.78 is 5.57. The van der Waals surface area contributed by atoms with E-state index in [1.165, 1.54) is 0 Å². The molecular formula is C19H25ClN4O3. The van der Waals surface area contributed by atoms with Gasteiger partial charge in [-0.05, 0) is 43.7 Å². The van der Waals surface area contributed by atoms with Gasteiger partial charge in [-0.1, -0.05) is 11.6 Å². The van der Waals surface area contributed by atoms with Gasteiger partial charge in [0.25, 0.3) is 0 Å². The summed E-state index contributed by atoms with van der Waals surface area (Å²) in [4.78, 5) is 32.6. The molecule has 1 aromatic heterocycles. The van der Waals surface area contributed by atoms with Crippen molar-refractivity contribution < 1.29 is 14.3 Å². The first kappa shape index (κ1) is 18.5. The minimum absolute atomic E-state index is 0.0318. The molecule has 0 spiro atoms. The van der Waals surface area contributed by atoms with Crippen LogP contribution in [0.3, 0.4) is 0 Å². The van der Waals surface area contributed by atoms with Crippen molar-refractivity contribution in [1.82, 2.24) is 20.1 Å². The maximum absolute atomic E-state index is 12.9. The molecule has 7 nitrogen and oxygen atoms in total. The molecule has 1 N–H and O–H groups in total. The van der Waals surface area contributed by atoms with Gasteiger partial charge in [0.1, 0.15) is 6.61 Å². The van der Waals surface area contributed by atoms with Crippen molar-refractivity contribution in [3.05, 3.63) is 29.0 Å². The number of piperidine rings is 2. The first-order chi connectivity index (χ1) is 13.1. The molecule has 0 aliphatic carbocycles. The third-order valence-corrected chi connectivity index (χ3v) is 5.99. The highest BCUT2D eigenvalue weighted by atomic mass is 35.5. The van der Waals surface area contributed by atoms with E-state index in [1.807, 2.05) is 21.9 Å². The number of urea groups is 1. The van der Waals surface area contributed by atoms with Gasteiger partial charge < -0.3 is 19.9 Å². The van der Waals surface area contributed by atoms with Crippen LogP contribution >= 0.6 is 11.6 Å². The fraction of sp³-hybridized carbons (Fsp3) is 0.632. The number of rotatable bonds is 2. The van der Waals surface area contributed by atoms with Crippen LogP contribution < -0.4 is 5.32 Å². The molecule has 146 valence electrons. The number of fused-ring (bicyclic) bond motifs is 1. The van der Waals surface area contributed by atoms with Gasteiger partial charge in [0, 0.05) is 38.1 Å². The largest absolute Gasteiger partial charge is 0.366 e. The number of morpholine rings is 1. The standard InChI is InChI=1S/C19H25ClN4O3/c20-14-1-2-15(21-10-14)9-13-3-6-23(7-4-13)19(26)24-8-5-17-16(11-24)22-18(25)12-27-17/h1-2,10,13,16-17H,3-9,11-12H2,(H,22,25)/t16-,17+/m1/s1. The van der Waals surface area contributed by atoms with Gasteiger partial charge >= 0.3 is 6.03 Å². The van der Waals surface area contributed by atoms with Gasteiger partial charge in [-0.25, -0.2) is 4.79 Å². The molecule has 0 radical (unpaired) electrons. The minimum atomic E-state index is -0.0952. The first-order valence-electron chi connectivity index (χ1n) is 9.64. The monoisotopic (exact) mass is 392 g/mol. The summed E-state index contributed by atoms with van der Waals surface area (Å²) in [6, 6.07) is 3.85. The average Bonchev–Trinajstić information content (AvgIpc) is 2.69. The zero-order chi connectivity index (χ0) is 18.8. The van der Waals surface area contributed by atoms with Gasteiger partial charge in [0.2, 0.25) is 5.91 Å². The SMILES string of the molecule is O=C1CO[C@H]2CCN(C(=O)N3CCC(Cc4ccc(Cl)cn4)CC3)C[C@H]2N1. The van der Waals surface area contributed by atoms with Crippen molar-refractivity contribution >= 4 is 23.5 Å². The molecule has 3 amide bonds.